The number of nitrogens with one attached hydrogen (secondary N) is 3. The maximum atomic E-state index is 14.0. The summed E-state index contributed by atoms with van der Waals surface area (Å²) in [7, 11) is 0. The fourth-order valence-electron chi connectivity index (χ4n) is 2.44. The molecule has 0 saturated carbocycles. The van der Waals surface area contributed by atoms with Gasteiger partial charge in [-0.3, -0.25) is 9.59 Å². The van der Waals surface area contributed by atoms with Crippen LogP contribution in [0.3, 0.4) is 0 Å². The van der Waals surface area contributed by atoms with E-state index < -0.39 is 5.82 Å². The van der Waals surface area contributed by atoms with Crippen LogP contribution in [-0.4, -0.2) is 34.9 Å². The maximum Gasteiger partial charge on any atom is 0.287 e. The van der Waals surface area contributed by atoms with Crippen molar-refractivity contribution in [2.75, 3.05) is 18.5 Å². The molecular formula is C16H17FN4O3. The van der Waals surface area contributed by atoms with Gasteiger partial charge in [0.25, 0.3) is 5.91 Å². The van der Waals surface area contributed by atoms with Gasteiger partial charge in [0.05, 0.1) is 12.3 Å². The first-order chi connectivity index (χ1) is 11.6. The van der Waals surface area contributed by atoms with Crippen LogP contribution in [-0.2, 0) is 11.2 Å². The molecular weight excluding hydrogens is 315 g/mol. The first kappa shape index (κ1) is 16.0. The molecule has 2 aromatic rings. The predicted octanol–water partition coefficient (Wildman–Crippen LogP) is 1.63. The van der Waals surface area contributed by atoms with E-state index in [9.17, 15) is 14.0 Å². The van der Waals surface area contributed by atoms with E-state index in [0.717, 1.165) is 5.56 Å². The third-order valence-electron chi connectivity index (χ3n) is 3.62. The van der Waals surface area contributed by atoms with Gasteiger partial charge in [-0.05, 0) is 24.5 Å². The lowest BCUT2D eigenvalue weighted by molar-refractivity contribution is -0.116. The second kappa shape index (κ2) is 7.12. The van der Waals surface area contributed by atoms with Crippen LogP contribution >= 0.6 is 0 Å². The summed E-state index contributed by atoms with van der Waals surface area (Å²) in [6, 6.07) is 2.99. The fraction of sp³-hybridized carbons (Fsp3) is 0.312. The van der Waals surface area contributed by atoms with Crippen molar-refractivity contribution in [1.29, 1.82) is 0 Å². The highest BCUT2D eigenvalue weighted by Gasteiger charge is 2.19. The summed E-state index contributed by atoms with van der Waals surface area (Å²) in [5.41, 5.74) is 0.972. The normalized spacial score (nSPS) is 13.1. The number of H-pyrrole nitrogens is 1. The lowest BCUT2D eigenvalue weighted by atomic mass is 10.0. The summed E-state index contributed by atoms with van der Waals surface area (Å²) >= 11 is 0. The molecule has 0 bridgehead atoms. The minimum Gasteiger partial charge on any atom is -0.493 e. The van der Waals surface area contributed by atoms with Crippen LogP contribution in [0, 0.1) is 5.82 Å². The van der Waals surface area contributed by atoms with E-state index in [1.807, 2.05) is 0 Å². The van der Waals surface area contributed by atoms with Gasteiger partial charge in [-0.25, -0.2) is 9.37 Å². The van der Waals surface area contributed by atoms with Crippen molar-refractivity contribution in [2.24, 2.45) is 0 Å². The van der Waals surface area contributed by atoms with Crippen molar-refractivity contribution in [3.8, 4) is 5.75 Å². The molecule has 0 spiro atoms. The second-order valence-electron chi connectivity index (χ2n) is 5.38. The van der Waals surface area contributed by atoms with Gasteiger partial charge in [0.2, 0.25) is 5.91 Å². The number of nitrogens with zero attached hydrogens (tertiary/aromatic N) is 1. The van der Waals surface area contributed by atoms with Crippen molar-refractivity contribution in [3.63, 3.8) is 0 Å². The zero-order valence-corrected chi connectivity index (χ0v) is 12.9. The SMILES string of the molecule is O=C1CCc2cc(OCCCNC(=O)c3ncc[nH]3)cc(F)c2N1. The summed E-state index contributed by atoms with van der Waals surface area (Å²) in [5.74, 6) is -0.283. The molecule has 0 aliphatic carbocycles. The molecule has 3 N–H and O–H groups in total. The van der Waals surface area contributed by atoms with E-state index in [1.54, 1.807) is 12.3 Å². The Balaban J connectivity index is 1.46. The Morgan fingerprint density at radius 2 is 2.25 bits per heavy atom. The number of amides is 2. The molecule has 2 amide bonds. The van der Waals surface area contributed by atoms with E-state index >= 15 is 0 Å². The smallest absolute Gasteiger partial charge is 0.287 e. The highest BCUT2D eigenvalue weighted by molar-refractivity contribution is 5.94. The minimum atomic E-state index is -0.498. The Morgan fingerprint density at radius 3 is 3.04 bits per heavy atom. The van der Waals surface area contributed by atoms with Crippen molar-refractivity contribution in [2.45, 2.75) is 19.3 Å². The second-order valence-corrected chi connectivity index (χ2v) is 5.38. The van der Waals surface area contributed by atoms with E-state index in [0.29, 0.717) is 38.2 Å². The Labute approximate surface area is 137 Å². The summed E-state index contributed by atoms with van der Waals surface area (Å²) in [6.45, 7) is 0.756. The van der Waals surface area contributed by atoms with Gasteiger partial charge < -0.3 is 20.4 Å². The average molecular weight is 332 g/mol. The lowest BCUT2D eigenvalue weighted by Crippen LogP contribution is -2.26. The van der Waals surface area contributed by atoms with Gasteiger partial charge in [0.1, 0.15) is 5.75 Å². The molecule has 24 heavy (non-hydrogen) atoms. The standard InChI is InChI=1S/C16H17FN4O3/c17-12-9-11(8-10-2-3-13(22)21-14(10)12)24-7-1-4-20-16(23)15-18-5-6-19-15/h5-6,8-9H,1-4,7H2,(H,18,19)(H,20,23)(H,21,22). The Hall–Kier alpha value is -2.90. The summed E-state index contributed by atoms with van der Waals surface area (Å²) in [5, 5.41) is 5.23. The molecule has 1 aliphatic heterocycles. The maximum absolute atomic E-state index is 14.0. The number of aryl methyl sites for hydroxylation is 1. The summed E-state index contributed by atoms with van der Waals surface area (Å²) in [4.78, 5) is 29.5. The van der Waals surface area contributed by atoms with E-state index in [1.165, 1.54) is 12.3 Å². The molecule has 8 heteroatoms. The van der Waals surface area contributed by atoms with Gasteiger partial charge in [-0.1, -0.05) is 0 Å². The number of rotatable bonds is 6. The number of anilines is 1. The highest BCUT2D eigenvalue weighted by atomic mass is 19.1. The van der Waals surface area contributed by atoms with Crippen LogP contribution in [0.25, 0.3) is 0 Å². The molecule has 0 saturated heterocycles. The van der Waals surface area contributed by atoms with E-state index in [2.05, 4.69) is 20.6 Å². The molecule has 0 radical (unpaired) electrons. The fourth-order valence-corrected chi connectivity index (χ4v) is 2.44. The number of hydrogen-bond donors (Lipinski definition) is 3. The van der Waals surface area contributed by atoms with Gasteiger partial charge in [0, 0.05) is 31.4 Å². The Bertz CT molecular complexity index is 746. The quantitative estimate of drug-likeness (QED) is 0.701. The first-order valence-electron chi connectivity index (χ1n) is 7.66. The molecule has 1 aromatic heterocycles. The predicted molar refractivity (Wildman–Crippen MR) is 84.4 cm³/mol. The molecule has 7 nitrogen and oxygen atoms in total. The first-order valence-corrected chi connectivity index (χ1v) is 7.66. The molecule has 2 heterocycles. The van der Waals surface area contributed by atoms with Crippen molar-refractivity contribution in [3.05, 3.63) is 41.7 Å². The number of aromatic amines is 1. The number of benzene rings is 1. The number of fused-ring (bicyclic) bond motifs is 1. The monoisotopic (exact) mass is 332 g/mol. The van der Waals surface area contributed by atoms with Crippen molar-refractivity contribution in [1.82, 2.24) is 15.3 Å². The number of aromatic nitrogens is 2. The number of carbonyl (C=O) groups is 2. The molecule has 0 fully saturated rings. The third kappa shape index (κ3) is 3.70. The lowest BCUT2D eigenvalue weighted by Gasteiger charge is -2.18. The van der Waals surface area contributed by atoms with Crippen LogP contribution in [0.5, 0.6) is 5.75 Å². The number of ether oxygens (including phenoxy) is 1. The molecule has 3 rings (SSSR count). The zero-order valence-electron chi connectivity index (χ0n) is 12.9. The van der Waals surface area contributed by atoms with Crippen LogP contribution < -0.4 is 15.4 Å². The van der Waals surface area contributed by atoms with E-state index in [4.69, 9.17) is 4.74 Å². The topological polar surface area (TPSA) is 96.1 Å². The van der Waals surface area contributed by atoms with Crippen LogP contribution in [0.4, 0.5) is 10.1 Å². The van der Waals surface area contributed by atoms with Crippen molar-refractivity contribution < 1.29 is 18.7 Å². The minimum absolute atomic E-state index is 0.178. The van der Waals surface area contributed by atoms with Crippen molar-refractivity contribution >= 4 is 17.5 Å². The number of halogens is 1. The van der Waals surface area contributed by atoms with Crippen LogP contribution in [0.15, 0.2) is 24.5 Å². The highest BCUT2D eigenvalue weighted by Crippen LogP contribution is 2.30. The van der Waals surface area contributed by atoms with Crippen LogP contribution in [0.1, 0.15) is 29.0 Å². The van der Waals surface area contributed by atoms with Gasteiger partial charge >= 0.3 is 0 Å². The molecule has 126 valence electrons. The summed E-state index contributed by atoms with van der Waals surface area (Å²) in [6.07, 6.45) is 4.49. The molecule has 1 aromatic carbocycles. The molecule has 1 aliphatic rings. The zero-order chi connectivity index (χ0) is 16.9. The summed E-state index contributed by atoms with van der Waals surface area (Å²) < 4.78 is 19.5. The molecule has 0 atom stereocenters. The van der Waals surface area contributed by atoms with Gasteiger partial charge in [-0.15, -0.1) is 0 Å². The Kier molecular flexibility index (Phi) is 4.74. The third-order valence-corrected chi connectivity index (χ3v) is 3.62. The van der Waals surface area contributed by atoms with Gasteiger partial charge in [0.15, 0.2) is 11.6 Å². The average Bonchev–Trinajstić information content (AvgIpc) is 3.10. The van der Waals surface area contributed by atoms with Gasteiger partial charge in [-0.2, -0.15) is 0 Å². The largest absolute Gasteiger partial charge is 0.493 e. The molecule has 0 unspecified atom stereocenters. The Morgan fingerprint density at radius 1 is 1.38 bits per heavy atom. The van der Waals surface area contributed by atoms with Crippen LogP contribution in [0.2, 0.25) is 0 Å². The number of carbonyl (C=O) groups excluding carboxylic acids is 2. The number of hydrogen-bond acceptors (Lipinski definition) is 4. The van der Waals surface area contributed by atoms with E-state index in [-0.39, 0.29) is 23.3 Å². The number of imidazole rings is 1.